The first kappa shape index (κ1) is 18.7. The lowest BCUT2D eigenvalue weighted by Crippen LogP contribution is -2.07. The summed E-state index contributed by atoms with van der Waals surface area (Å²) in [6.07, 6.45) is -3.55. The van der Waals surface area contributed by atoms with Crippen molar-refractivity contribution < 1.29 is 21.6 Å². The second kappa shape index (κ2) is 6.55. The van der Waals surface area contributed by atoms with E-state index in [-0.39, 0.29) is 16.2 Å². The van der Waals surface area contributed by atoms with Crippen LogP contribution < -0.4 is 0 Å². The lowest BCUT2D eigenvalue weighted by atomic mass is 9.99. The van der Waals surface area contributed by atoms with Crippen LogP contribution in [0.5, 0.6) is 0 Å². The SMILES string of the molecule is CS(=O)(=O)c1ccc(-c2n[nH]c(C(F)(F)F)c2-c2ccc(Br)cc2)cc1. The van der Waals surface area contributed by atoms with E-state index >= 15 is 0 Å². The summed E-state index contributed by atoms with van der Waals surface area (Å²) >= 11 is 3.25. The standard InChI is InChI=1S/C17H12BrF3N2O2S/c1-26(24,25)13-8-4-11(5-9-13)15-14(10-2-6-12(18)7-3-10)16(23-22-15)17(19,20)21/h2-9H,1H3,(H,22,23). The van der Waals surface area contributed by atoms with Crippen molar-refractivity contribution in [1.82, 2.24) is 10.2 Å². The topological polar surface area (TPSA) is 62.8 Å². The van der Waals surface area contributed by atoms with Gasteiger partial charge in [-0.05, 0) is 29.8 Å². The number of hydrogen-bond acceptors (Lipinski definition) is 3. The molecule has 0 aliphatic rings. The molecule has 0 aliphatic carbocycles. The van der Waals surface area contributed by atoms with Crippen molar-refractivity contribution in [2.45, 2.75) is 11.1 Å². The molecule has 1 N–H and O–H groups in total. The number of aromatic amines is 1. The Morgan fingerprint density at radius 3 is 2.00 bits per heavy atom. The van der Waals surface area contributed by atoms with Gasteiger partial charge in [0.2, 0.25) is 0 Å². The van der Waals surface area contributed by atoms with Gasteiger partial charge < -0.3 is 0 Å². The first-order valence-electron chi connectivity index (χ1n) is 7.29. The Hall–Kier alpha value is -2.13. The molecule has 0 aliphatic heterocycles. The average Bonchev–Trinajstić information content (AvgIpc) is 3.00. The molecule has 0 radical (unpaired) electrons. The van der Waals surface area contributed by atoms with Crippen molar-refractivity contribution in [3.8, 4) is 22.4 Å². The van der Waals surface area contributed by atoms with Crippen molar-refractivity contribution in [1.29, 1.82) is 0 Å². The van der Waals surface area contributed by atoms with E-state index in [9.17, 15) is 21.6 Å². The highest BCUT2D eigenvalue weighted by Gasteiger charge is 2.38. The van der Waals surface area contributed by atoms with Gasteiger partial charge in [-0.1, -0.05) is 40.2 Å². The van der Waals surface area contributed by atoms with Crippen molar-refractivity contribution in [3.05, 3.63) is 58.7 Å². The molecule has 136 valence electrons. The van der Waals surface area contributed by atoms with Gasteiger partial charge in [-0.2, -0.15) is 18.3 Å². The van der Waals surface area contributed by atoms with Crippen molar-refractivity contribution in [2.24, 2.45) is 0 Å². The van der Waals surface area contributed by atoms with Gasteiger partial charge in [0, 0.05) is 21.9 Å². The minimum absolute atomic E-state index is 0.0815. The number of nitrogens with one attached hydrogen (secondary N) is 1. The van der Waals surface area contributed by atoms with Gasteiger partial charge in [0.25, 0.3) is 0 Å². The summed E-state index contributed by atoms with van der Waals surface area (Å²) in [4.78, 5) is 0.0815. The van der Waals surface area contributed by atoms with Crippen LogP contribution in [0.25, 0.3) is 22.4 Å². The van der Waals surface area contributed by atoms with Crippen molar-refractivity contribution >= 4 is 25.8 Å². The van der Waals surface area contributed by atoms with E-state index < -0.39 is 21.7 Å². The van der Waals surface area contributed by atoms with Crippen LogP contribution in [-0.2, 0) is 16.0 Å². The highest BCUT2D eigenvalue weighted by atomic mass is 79.9. The van der Waals surface area contributed by atoms with Gasteiger partial charge in [-0.15, -0.1) is 0 Å². The first-order chi connectivity index (χ1) is 12.1. The van der Waals surface area contributed by atoms with E-state index in [0.29, 0.717) is 11.1 Å². The fourth-order valence-corrected chi connectivity index (χ4v) is 3.41. The maximum atomic E-state index is 13.4. The number of benzene rings is 2. The fourth-order valence-electron chi connectivity index (χ4n) is 2.51. The number of H-pyrrole nitrogens is 1. The quantitative estimate of drug-likeness (QED) is 0.622. The van der Waals surface area contributed by atoms with Crippen LogP contribution in [0.3, 0.4) is 0 Å². The second-order valence-electron chi connectivity index (χ2n) is 5.62. The molecule has 0 unspecified atom stereocenters. The van der Waals surface area contributed by atoms with Crippen LogP contribution in [0.1, 0.15) is 5.69 Å². The summed E-state index contributed by atoms with van der Waals surface area (Å²) in [6, 6.07) is 12.0. The molecule has 0 fully saturated rings. The number of rotatable bonds is 3. The third-order valence-electron chi connectivity index (χ3n) is 3.74. The Kier molecular flexibility index (Phi) is 4.70. The van der Waals surface area contributed by atoms with Crippen LogP contribution in [0.15, 0.2) is 57.9 Å². The van der Waals surface area contributed by atoms with Crippen LogP contribution in [0.2, 0.25) is 0 Å². The molecule has 3 rings (SSSR count). The zero-order chi connectivity index (χ0) is 19.1. The average molecular weight is 445 g/mol. The molecule has 3 aromatic rings. The maximum absolute atomic E-state index is 13.4. The van der Waals surface area contributed by atoms with Gasteiger partial charge in [0.05, 0.1) is 4.90 Å². The van der Waals surface area contributed by atoms with Gasteiger partial charge in [-0.3, -0.25) is 5.10 Å². The molecule has 4 nitrogen and oxygen atoms in total. The normalized spacial score (nSPS) is 12.3. The molecule has 9 heteroatoms. The number of alkyl halides is 3. The molecular formula is C17H12BrF3N2O2S. The first-order valence-corrected chi connectivity index (χ1v) is 9.98. The zero-order valence-electron chi connectivity index (χ0n) is 13.3. The number of halogens is 4. The zero-order valence-corrected chi connectivity index (χ0v) is 15.7. The molecule has 0 amide bonds. The van der Waals surface area contributed by atoms with Gasteiger partial charge in [0.1, 0.15) is 11.4 Å². The van der Waals surface area contributed by atoms with Gasteiger partial charge in [0.15, 0.2) is 9.84 Å². The lowest BCUT2D eigenvalue weighted by molar-refractivity contribution is -0.140. The molecule has 0 atom stereocenters. The van der Waals surface area contributed by atoms with Crippen LogP contribution >= 0.6 is 15.9 Å². The summed E-state index contributed by atoms with van der Waals surface area (Å²) in [5, 5.41) is 5.90. The number of aromatic nitrogens is 2. The Balaban J connectivity index is 2.19. The third kappa shape index (κ3) is 3.68. The smallest absolute Gasteiger partial charge is 0.272 e. The van der Waals surface area contributed by atoms with E-state index in [2.05, 4.69) is 26.1 Å². The van der Waals surface area contributed by atoms with E-state index in [4.69, 9.17) is 0 Å². The van der Waals surface area contributed by atoms with E-state index in [1.54, 1.807) is 24.3 Å². The second-order valence-corrected chi connectivity index (χ2v) is 8.55. The third-order valence-corrected chi connectivity index (χ3v) is 5.40. The lowest BCUT2D eigenvalue weighted by Gasteiger charge is -2.10. The van der Waals surface area contributed by atoms with Crippen LogP contribution in [0, 0.1) is 0 Å². The number of hydrogen-bond donors (Lipinski definition) is 1. The highest BCUT2D eigenvalue weighted by Crippen LogP contribution is 2.41. The van der Waals surface area contributed by atoms with Gasteiger partial charge in [-0.25, -0.2) is 8.42 Å². The Morgan fingerprint density at radius 1 is 0.962 bits per heavy atom. The number of nitrogens with zero attached hydrogens (tertiary/aromatic N) is 1. The molecule has 1 aromatic heterocycles. The molecule has 0 saturated carbocycles. The largest absolute Gasteiger partial charge is 0.433 e. The predicted molar refractivity (Wildman–Crippen MR) is 95.3 cm³/mol. The summed E-state index contributed by atoms with van der Waals surface area (Å²) < 4.78 is 64.1. The van der Waals surface area contributed by atoms with Crippen molar-refractivity contribution in [2.75, 3.05) is 6.26 Å². The Morgan fingerprint density at radius 2 is 1.50 bits per heavy atom. The summed E-state index contributed by atoms with van der Waals surface area (Å²) in [7, 11) is -3.40. The molecule has 0 spiro atoms. The molecule has 2 aromatic carbocycles. The summed E-state index contributed by atoms with van der Waals surface area (Å²) in [5.41, 5.74) is -0.225. The Bertz CT molecular complexity index is 1040. The van der Waals surface area contributed by atoms with E-state index in [1.807, 2.05) is 0 Å². The van der Waals surface area contributed by atoms with Crippen LogP contribution in [0.4, 0.5) is 13.2 Å². The minimum atomic E-state index is -4.61. The highest BCUT2D eigenvalue weighted by molar-refractivity contribution is 9.10. The summed E-state index contributed by atoms with van der Waals surface area (Å²) in [6.45, 7) is 0. The monoisotopic (exact) mass is 444 g/mol. The molecule has 0 bridgehead atoms. The van der Waals surface area contributed by atoms with Crippen molar-refractivity contribution in [3.63, 3.8) is 0 Å². The maximum Gasteiger partial charge on any atom is 0.433 e. The minimum Gasteiger partial charge on any atom is -0.272 e. The Labute approximate surface area is 156 Å². The molecule has 26 heavy (non-hydrogen) atoms. The summed E-state index contributed by atoms with van der Waals surface area (Å²) in [5.74, 6) is 0. The fraction of sp³-hybridized carbons (Fsp3) is 0.118. The molecule has 0 saturated heterocycles. The van der Waals surface area contributed by atoms with E-state index in [0.717, 1.165) is 10.7 Å². The number of sulfone groups is 1. The predicted octanol–water partition coefficient (Wildman–Crippen LogP) is 4.93. The molecule has 1 heterocycles. The van der Waals surface area contributed by atoms with Crippen LogP contribution in [-0.4, -0.2) is 24.9 Å². The van der Waals surface area contributed by atoms with E-state index in [1.165, 1.54) is 24.3 Å². The van der Waals surface area contributed by atoms with Gasteiger partial charge >= 0.3 is 6.18 Å². The molecular weight excluding hydrogens is 433 g/mol.